The largest absolute Gasteiger partial charge is 0.492 e. The van der Waals surface area contributed by atoms with Crippen molar-refractivity contribution < 1.29 is 19.0 Å². The molecule has 0 saturated heterocycles. The van der Waals surface area contributed by atoms with Gasteiger partial charge in [0.15, 0.2) is 0 Å². The Morgan fingerprint density at radius 3 is 1.45 bits per heavy atom. The van der Waals surface area contributed by atoms with Gasteiger partial charge in [-0.05, 0) is 68.8 Å². The van der Waals surface area contributed by atoms with E-state index < -0.39 is 0 Å². The highest BCUT2D eigenvalue weighted by molar-refractivity contribution is 7.30. The SMILES string of the molecule is CCCCCCCCCCCCOC(=O)c1cc2c(-c3cc4cc5c(OCCCCCCCCCCCC)c6sc(C)cc6c(OCCCCCCCCCCCC)c5cc4s3)sc(C)c2s1. The van der Waals surface area contributed by atoms with Crippen LogP contribution < -0.4 is 9.47 Å². The molecule has 8 heteroatoms. The van der Waals surface area contributed by atoms with Crippen molar-refractivity contribution in [3.8, 4) is 21.3 Å². The lowest BCUT2D eigenvalue weighted by Gasteiger charge is -2.16. The summed E-state index contributed by atoms with van der Waals surface area (Å²) >= 11 is 7.13. The van der Waals surface area contributed by atoms with Gasteiger partial charge in [0.05, 0.1) is 29.4 Å². The molecule has 4 aromatic heterocycles. The Balaban J connectivity index is 1.16. The van der Waals surface area contributed by atoms with Gasteiger partial charge >= 0.3 is 5.97 Å². The van der Waals surface area contributed by atoms with E-state index in [4.69, 9.17) is 14.2 Å². The van der Waals surface area contributed by atoms with Crippen LogP contribution >= 0.6 is 45.3 Å². The maximum Gasteiger partial charge on any atom is 0.348 e. The van der Waals surface area contributed by atoms with Crippen LogP contribution in [-0.2, 0) is 4.74 Å². The maximum atomic E-state index is 13.3. The number of carbonyl (C=O) groups is 1. The standard InChI is InChI=1S/C59H86O4S4/c1-6-9-12-15-18-21-24-27-30-33-36-61-54-48-42-51-46(40-47(48)55(58-49(54)39-44(4)64-58)62-37-34-31-28-25-22-19-16-13-10-7-2)41-52(66-51)57-50-43-53(67-56(50)45(5)65-57)59(60)63-38-35-32-29-26-23-20-17-14-11-8-3/h39-43H,6-38H2,1-5H3. The highest BCUT2D eigenvalue weighted by atomic mass is 32.1. The van der Waals surface area contributed by atoms with Gasteiger partial charge in [-0.3, -0.25) is 0 Å². The zero-order valence-electron chi connectivity index (χ0n) is 42.5. The fourth-order valence-corrected chi connectivity index (χ4v) is 14.2. The minimum atomic E-state index is -0.180. The van der Waals surface area contributed by atoms with Gasteiger partial charge in [-0.15, -0.1) is 45.3 Å². The van der Waals surface area contributed by atoms with Crippen molar-refractivity contribution in [2.45, 2.75) is 227 Å². The summed E-state index contributed by atoms with van der Waals surface area (Å²) < 4.78 is 23.3. The lowest BCUT2D eigenvalue weighted by atomic mass is 10.0. The molecular weight excluding hydrogens is 901 g/mol. The molecule has 0 aliphatic heterocycles. The number of aryl methyl sites for hydroxylation is 2. The molecular formula is C59H86O4S4. The molecule has 0 aliphatic carbocycles. The third-order valence-corrected chi connectivity index (χ3v) is 18.5. The number of hydrogen-bond acceptors (Lipinski definition) is 8. The van der Waals surface area contributed by atoms with Gasteiger partial charge in [0.2, 0.25) is 0 Å². The Kier molecular flexibility index (Phi) is 24.2. The highest BCUT2D eigenvalue weighted by Gasteiger charge is 2.23. The number of thiophene rings is 4. The Hall–Kier alpha value is -2.65. The molecule has 0 radical (unpaired) electrons. The number of unbranched alkanes of at least 4 members (excludes halogenated alkanes) is 27. The lowest BCUT2D eigenvalue weighted by Crippen LogP contribution is -2.04. The van der Waals surface area contributed by atoms with Gasteiger partial charge in [-0.25, -0.2) is 4.79 Å². The van der Waals surface area contributed by atoms with E-state index in [0.29, 0.717) is 11.5 Å². The number of fused-ring (bicyclic) bond motifs is 4. The van der Waals surface area contributed by atoms with E-state index in [1.807, 2.05) is 34.0 Å². The average molecular weight is 988 g/mol. The molecule has 6 rings (SSSR count). The molecule has 4 nitrogen and oxygen atoms in total. The number of esters is 1. The Morgan fingerprint density at radius 2 is 0.910 bits per heavy atom. The highest BCUT2D eigenvalue weighted by Crippen LogP contribution is 2.51. The second-order valence-electron chi connectivity index (χ2n) is 19.5. The third kappa shape index (κ3) is 16.5. The van der Waals surface area contributed by atoms with Gasteiger partial charge in [-0.1, -0.05) is 194 Å². The summed E-state index contributed by atoms with van der Waals surface area (Å²) in [5.41, 5.74) is 0. The van der Waals surface area contributed by atoms with Crippen LogP contribution in [0.25, 0.3) is 50.8 Å². The van der Waals surface area contributed by atoms with Crippen molar-refractivity contribution in [2.24, 2.45) is 0 Å². The normalized spacial score (nSPS) is 11.9. The first-order chi connectivity index (χ1) is 32.9. The first-order valence-corrected chi connectivity index (χ1v) is 30.6. The molecule has 0 saturated carbocycles. The van der Waals surface area contributed by atoms with Crippen molar-refractivity contribution in [3.05, 3.63) is 45.0 Å². The maximum absolute atomic E-state index is 13.3. The minimum absolute atomic E-state index is 0.180. The number of rotatable bonds is 37. The topological polar surface area (TPSA) is 44.8 Å². The fraction of sp³-hybridized carbons (Fsp3) is 0.644. The van der Waals surface area contributed by atoms with Crippen LogP contribution in [0.4, 0.5) is 0 Å². The van der Waals surface area contributed by atoms with E-state index in [-0.39, 0.29) is 5.97 Å². The van der Waals surface area contributed by atoms with Crippen LogP contribution in [0, 0.1) is 13.8 Å². The molecule has 0 aliphatic rings. The molecule has 0 amide bonds. The van der Waals surface area contributed by atoms with E-state index in [2.05, 4.69) is 65.0 Å². The first kappa shape index (κ1) is 53.7. The Bertz CT molecular complexity index is 2240. The summed E-state index contributed by atoms with van der Waals surface area (Å²) in [5, 5.41) is 5.91. The third-order valence-electron chi connectivity index (χ3n) is 13.6. The van der Waals surface area contributed by atoms with Crippen LogP contribution in [0.5, 0.6) is 11.5 Å². The number of ether oxygens (including phenoxy) is 3. The molecule has 0 N–H and O–H groups in total. The molecule has 67 heavy (non-hydrogen) atoms. The summed E-state index contributed by atoms with van der Waals surface area (Å²) in [4.78, 5) is 19.1. The van der Waals surface area contributed by atoms with E-state index in [1.54, 1.807) is 11.3 Å². The zero-order valence-corrected chi connectivity index (χ0v) is 45.8. The lowest BCUT2D eigenvalue weighted by molar-refractivity contribution is 0.0503. The van der Waals surface area contributed by atoms with E-state index in [0.717, 1.165) is 61.2 Å². The molecule has 0 atom stereocenters. The monoisotopic (exact) mass is 987 g/mol. The molecule has 6 aromatic rings. The molecule has 0 spiro atoms. The Labute approximate surface area is 422 Å². The summed E-state index contributed by atoms with van der Waals surface area (Å²) in [6, 6.07) is 11.5. The molecule has 370 valence electrons. The molecule has 2 aromatic carbocycles. The van der Waals surface area contributed by atoms with Crippen molar-refractivity contribution in [1.29, 1.82) is 0 Å². The quantitative estimate of drug-likeness (QED) is 0.0288. The summed E-state index contributed by atoms with van der Waals surface area (Å²) in [7, 11) is 0. The minimum Gasteiger partial charge on any atom is -0.492 e. The molecule has 0 bridgehead atoms. The van der Waals surface area contributed by atoms with Crippen LogP contribution in [0.15, 0.2) is 30.3 Å². The van der Waals surface area contributed by atoms with Crippen LogP contribution in [0.1, 0.15) is 233 Å². The van der Waals surface area contributed by atoms with E-state index in [1.165, 1.54) is 217 Å². The summed E-state index contributed by atoms with van der Waals surface area (Å²) in [5.74, 6) is 1.86. The van der Waals surface area contributed by atoms with Gasteiger partial charge in [0.25, 0.3) is 0 Å². The van der Waals surface area contributed by atoms with E-state index in [9.17, 15) is 4.79 Å². The van der Waals surface area contributed by atoms with Crippen molar-refractivity contribution >= 4 is 92.3 Å². The second kappa shape index (κ2) is 30.2. The van der Waals surface area contributed by atoms with Gasteiger partial charge in [-0.2, -0.15) is 0 Å². The fourth-order valence-electron chi connectivity index (χ4n) is 9.70. The smallest absolute Gasteiger partial charge is 0.348 e. The predicted octanol–water partition coefficient (Wildman–Crippen LogP) is 21.5. The number of carbonyl (C=O) groups excluding carboxylic acids is 1. The van der Waals surface area contributed by atoms with Crippen LogP contribution in [0.3, 0.4) is 0 Å². The van der Waals surface area contributed by atoms with Crippen LogP contribution in [-0.4, -0.2) is 25.8 Å². The summed E-state index contributed by atoms with van der Waals surface area (Å²) in [6.07, 6.45) is 38.9. The Morgan fingerprint density at radius 1 is 0.433 bits per heavy atom. The van der Waals surface area contributed by atoms with Crippen LogP contribution in [0.2, 0.25) is 0 Å². The molecule has 4 heterocycles. The number of hydrogen-bond donors (Lipinski definition) is 0. The average Bonchev–Trinajstić information content (AvgIpc) is 4.12. The second-order valence-corrected chi connectivity index (χ2v) is 24.1. The van der Waals surface area contributed by atoms with E-state index >= 15 is 0 Å². The van der Waals surface area contributed by atoms with Gasteiger partial charge in [0.1, 0.15) is 16.4 Å². The van der Waals surface area contributed by atoms with Gasteiger partial charge < -0.3 is 14.2 Å². The molecule has 0 fully saturated rings. The van der Waals surface area contributed by atoms with Crippen molar-refractivity contribution in [2.75, 3.05) is 19.8 Å². The number of benzene rings is 2. The van der Waals surface area contributed by atoms with Gasteiger partial charge in [0, 0.05) is 45.6 Å². The predicted molar refractivity (Wildman–Crippen MR) is 300 cm³/mol. The summed E-state index contributed by atoms with van der Waals surface area (Å²) in [6.45, 7) is 13.2. The zero-order chi connectivity index (χ0) is 47.1. The molecule has 0 unspecified atom stereocenters. The van der Waals surface area contributed by atoms with Crippen molar-refractivity contribution in [1.82, 2.24) is 0 Å². The van der Waals surface area contributed by atoms with Crippen molar-refractivity contribution in [3.63, 3.8) is 0 Å². The first-order valence-electron chi connectivity index (χ1n) is 27.3.